The van der Waals surface area contributed by atoms with Gasteiger partial charge in [-0.05, 0) is 13.0 Å². The van der Waals surface area contributed by atoms with Crippen molar-refractivity contribution >= 4 is 29.9 Å². The number of thiol groups is 1. The summed E-state index contributed by atoms with van der Waals surface area (Å²) in [5.74, 6) is -0.606. The predicted molar refractivity (Wildman–Crippen MR) is 59.2 cm³/mol. The van der Waals surface area contributed by atoms with Crippen molar-refractivity contribution in [2.75, 3.05) is 13.1 Å². The second kappa shape index (κ2) is 5.09. The number of rotatable bonds is 3. The Morgan fingerprint density at radius 1 is 1.56 bits per heavy atom. The molecule has 0 spiro atoms. The van der Waals surface area contributed by atoms with E-state index in [0.717, 1.165) is 16.2 Å². The number of nitrogens with zero attached hydrogens (tertiary/aromatic N) is 1. The summed E-state index contributed by atoms with van der Waals surface area (Å²) in [5.41, 5.74) is 0. The van der Waals surface area contributed by atoms with Crippen LogP contribution in [0.25, 0.3) is 0 Å². The third-order valence-corrected chi connectivity index (χ3v) is 3.19. The summed E-state index contributed by atoms with van der Waals surface area (Å²) >= 11 is 5.09. The summed E-state index contributed by atoms with van der Waals surface area (Å²) < 4.78 is 36.5. The van der Waals surface area contributed by atoms with Crippen LogP contribution < -0.4 is 0 Å². The molecule has 1 heterocycles. The van der Waals surface area contributed by atoms with Crippen molar-refractivity contribution in [2.24, 2.45) is 0 Å². The van der Waals surface area contributed by atoms with Crippen molar-refractivity contribution in [1.29, 1.82) is 0 Å². The fourth-order valence-corrected chi connectivity index (χ4v) is 2.25. The van der Waals surface area contributed by atoms with Crippen molar-refractivity contribution in [3.05, 3.63) is 16.3 Å². The van der Waals surface area contributed by atoms with Gasteiger partial charge in [0.05, 0.1) is 4.88 Å². The first-order chi connectivity index (χ1) is 7.33. The van der Waals surface area contributed by atoms with Crippen LogP contribution in [0.4, 0.5) is 13.2 Å². The Hall–Kier alpha value is -0.690. The largest absolute Gasteiger partial charge is 0.406 e. The highest BCUT2D eigenvalue weighted by Crippen LogP contribution is 2.22. The van der Waals surface area contributed by atoms with Gasteiger partial charge in [-0.3, -0.25) is 4.79 Å². The third kappa shape index (κ3) is 3.71. The quantitative estimate of drug-likeness (QED) is 0.836. The molecule has 1 amide bonds. The van der Waals surface area contributed by atoms with E-state index in [1.54, 1.807) is 5.38 Å². The SMILES string of the molecule is CCN(CC(F)(F)F)C(=O)c1cc(S)cs1. The Kier molecular flexibility index (Phi) is 4.26. The van der Waals surface area contributed by atoms with Crippen LogP contribution in [0, 0.1) is 0 Å². The van der Waals surface area contributed by atoms with Crippen LogP contribution in [0.15, 0.2) is 16.3 Å². The summed E-state index contributed by atoms with van der Waals surface area (Å²) in [6, 6.07) is 1.47. The summed E-state index contributed by atoms with van der Waals surface area (Å²) in [7, 11) is 0. The monoisotopic (exact) mass is 269 g/mol. The molecule has 0 aliphatic rings. The van der Waals surface area contributed by atoms with Crippen LogP contribution in [-0.2, 0) is 0 Å². The summed E-state index contributed by atoms with van der Waals surface area (Å²) in [6.45, 7) is 0.319. The number of carbonyl (C=O) groups excluding carboxylic acids is 1. The summed E-state index contributed by atoms with van der Waals surface area (Å²) in [5, 5.41) is 1.61. The topological polar surface area (TPSA) is 20.3 Å². The van der Waals surface area contributed by atoms with E-state index >= 15 is 0 Å². The Labute approximate surface area is 100 Å². The van der Waals surface area contributed by atoms with Gasteiger partial charge in [-0.15, -0.1) is 24.0 Å². The van der Waals surface area contributed by atoms with E-state index in [4.69, 9.17) is 0 Å². The number of hydrogen-bond acceptors (Lipinski definition) is 3. The van der Waals surface area contributed by atoms with Gasteiger partial charge in [0.1, 0.15) is 6.54 Å². The molecule has 0 aromatic carbocycles. The molecule has 0 bridgehead atoms. The van der Waals surface area contributed by atoms with E-state index in [0.29, 0.717) is 4.90 Å². The zero-order valence-electron chi connectivity index (χ0n) is 8.41. The smallest absolute Gasteiger partial charge is 0.329 e. The molecule has 2 nitrogen and oxygen atoms in total. The van der Waals surface area contributed by atoms with Gasteiger partial charge in [0.2, 0.25) is 0 Å². The summed E-state index contributed by atoms with van der Waals surface area (Å²) in [6.07, 6.45) is -4.37. The Morgan fingerprint density at radius 3 is 2.56 bits per heavy atom. The lowest BCUT2D eigenvalue weighted by Gasteiger charge is -2.21. The maximum Gasteiger partial charge on any atom is 0.406 e. The number of amides is 1. The van der Waals surface area contributed by atoms with Gasteiger partial charge in [0.25, 0.3) is 5.91 Å². The van der Waals surface area contributed by atoms with Crippen LogP contribution in [0.1, 0.15) is 16.6 Å². The number of thiophene rings is 1. The van der Waals surface area contributed by atoms with Gasteiger partial charge in [-0.1, -0.05) is 0 Å². The van der Waals surface area contributed by atoms with Gasteiger partial charge >= 0.3 is 6.18 Å². The van der Waals surface area contributed by atoms with E-state index in [1.807, 2.05) is 0 Å². The van der Waals surface area contributed by atoms with Crippen molar-refractivity contribution < 1.29 is 18.0 Å². The molecule has 1 rings (SSSR count). The molecule has 0 saturated heterocycles. The number of halogens is 3. The number of carbonyl (C=O) groups is 1. The van der Waals surface area contributed by atoms with Crippen LogP contribution in [-0.4, -0.2) is 30.1 Å². The number of alkyl halides is 3. The fraction of sp³-hybridized carbons (Fsp3) is 0.444. The first kappa shape index (κ1) is 13.4. The second-order valence-electron chi connectivity index (χ2n) is 3.10. The van der Waals surface area contributed by atoms with Gasteiger partial charge in [-0.2, -0.15) is 13.2 Å². The lowest BCUT2D eigenvalue weighted by atomic mass is 10.3. The molecule has 0 radical (unpaired) electrons. The van der Waals surface area contributed by atoms with Gasteiger partial charge in [-0.25, -0.2) is 0 Å². The highest BCUT2D eigenvalue weighted by Gasteiger charge is 2.32. The van der Waals surface area contributed by atoms with Crippen LogP contribution in [0.3, 0.4) is 0 Å². The van der Waals surface area contributed by atoms with E-state index < -0.39 is 18.6 Å². The average molecular weight is 269 g/mol. The molecule has 7 heteroatoms. The Morgan fingerprint density at radius 2 is 2.19 bits per heavy atom. The van der Waals surface area contributed by atoms with Crippen molar-refractivity contribution in [1.82, 2.24) is 4.90 Å². The molecule has 0 aliphatic heterocycles. The molecule has 16 heavy (non-hydrogen) atoms. The fourth-order valence-electron chi connectivity index (χ4n) is 1.14. The first-order valence-corrected chi connectivity index (χ1v) is 5.79. The Balaban J connectivity index is 2.78. The highest BCUT2D eigenvalue weighted by molar-refractivity contribution is 7.80. The zero-order valence-corrected chi connectivity index (χ0v) is 10.1. The highest BCUT2D eigenvalue weighted by atomic mass is 32.1. The van der Waals surface area contributed by atoms with Crippen LogP contribution in [0.5, 0.6) is 0 Å². The maximum absolute atomic E-state index is 12.2. The van der Waals surface area contributed by atoms with Crippen molar-refractivity contribution in [3.8, 4) is 0 Å². The molecular formula is C9H10F3NOS2. The Bertz CT molecular complexity index is 375. The second-order valence-corrected chi connectivity index (χ2v) is 4.53. The minimum atomic E-state index is -4.37. The van der Waals surface area contributed by atoms with E-state index in [-0.39, 0.29) is 11.4 Å². The van der Waals surface area contributed by atoms with Crippen molar-refractivity contribution in [3.63, 3.8) is 0 Å². The maximum atomic E-state index is 12.2. The van der Waals surface area contributed by atoms with Crippen LogP contribution >= 0.6 is 24.0 Å². The van der Waals surface area contributed by atoms with Gasteiger partial charge < -0.3 is 4.90 Å². The average Bonchev–Trinajstić information content (AvgIpc) is 2.58. The van der Waals surface area contributed by atoms with Gasteiger partial charge in [0.15, 0.2) is 0 Å². The number of hydrogen-bond donors (Lipinski definition) is 1. The molecule has 90 valence electrons. The zero-order chi connectivity index (χ0) is 12.3. The minimum Gasteiger partial charge on any atom is -0.329 e. The van der Waals surface area contributed by atoms with E-state index in [2.05, 4.69) is 12.6 Å². The molecule has 1 aromatic rings. The predicted octanol–water partition coefficient (Wildman–Crippen LogP) is 3.06. The third-order valence-electron chi connectivity index (χ3n) is 1.84. The molecule has 0 atom stereocenters. The lowest BCUT2D eigenvalue weighted by Crippen LogP contribution is -2.38. The normalized spacial score (nSPS) is 11.6. The summed E-state index contributed by atoms with van der Waals surface area (Å²) in [4.78, 5) is 13.3. The molecule has 0 saturated carbocycles. The molecule has 0 aliphatic carbocycles. The van der Waals surface area contributed by atoms with Gasteiger partial charge in [0, 0.05) is 16.8 Å². The molecular weight excluding hydrogens is 259 g/mol. The minimum absolute atomic E-state index is 0.0259. The molecule has 0 N–H and O–H groups in total. The van der Waals surface area contributed by atoms with Crippen molar-refractivity contribution in [2.45, 2.75) is 18.0 Å². The first-order valence-electron chi connectivity index (χ1n) is 4.47. The molecule has 1 aromatic heterocycles. The molecule has 0 unspecified atom stereocenters. The van der Waals surface area contributed by atoms with E-state index in [1.165, 1.54) is 13.0 Å². The molecule has 0 fully saturated rings. The lowest BCUT2D eigenvalue weighted by molar-refractivity contribution is -0.140. The van der Waals surface area contributed by atoms with E-state index in [9.17, 15) is 18.0 Å². The standard InChI is InChI=1S/C9H10F3NOS2/c1-2-13(5-9(10,11)12)8(14)7-3-6(15)4-16-7/h3-4,15H,2,5H2,1H3. The van der Waals surface area contributed by atoms with Crippen LogP contribution in [0.2, 0.25) is 0 Å².